The molecule has 0 aromatic heterocycles. The van der Waals surface area contributed by atoms with Crippen molar-refractivity contribution in [2.45, 2.75) is 6.42 Å². The fraction of sp³-hybridized carbons (Fsp3) is 1.00. The Bertz CT molecular complexity index is 151. The van der Waals surface area contributed by atoms with Crippen molar-refractivity contribution in [2.75, 3.05) is 32.9 Å². The average molecular weight is 208 g/mol. The zero-order chi connectivity index (χ0) is 8.39. The lowest BCUT2D eigenvalue weighted by Gasteiger charge is -2.21. The van der Waals surface area contributed by atoms with E-state index in [1.165, 1.54) is 6.42 Å². The molecule has 2 heterocycles. The highest BCUT2D eigenvalue weighted by Crippen LogP contribution is 2.30. The molecule has 2 fully saturated rings. The van der Waals surface area contributed by atoms with Crippen molar-refractivity contribution in [2.24, 2.45) is 17.8 Å². The van der Waals surface area contributed by atoms with Gasteiger partial charge >= 0.3 is 0 Å². The van der Waals surface area contributed by atoms with Gasteiger partial charge in [0.05, 0.1) is 0 Å². The standard InChI is InChI=1S/C9H17NO2.ClH/c11-5-8-3-10-4-9(8)7-1-2-12-6-7;/h7-11H,1-6H2;1H. The molecule has 4 heteroatoms. The third-order valence-electron chi connectivity index (χ3n) is 3.20. The molecule has 2 saturated heterocycles. The predicted octanol–water partition coefficient (Wildman–Crippen LogP) is 0.273. The minimum atomic E-state index is 0. The van der Waals surface area contributed by atoms with Crippen LogP contribution in [0.2, 0.25) is 0 Å². The molecule has 78 valence electrons. The lowest BCUT2D eigenvalue weighted by Crippen LogP contribution is -2.25. The van der Waals surface area contributed by atoms with E-state index in [4.69, 9.17) is 9.84 Å². The first-order valence-electron chi connectivity index (χ1n) is 4.81. The minimum Gasteiger partial charge on any atom is -0.396 e. The second kappa shape index (κ2) is 5.15. The topological polar surface area (TPSA) is 41.5 Å². The van der Waals surface area contributed by atoms with Gasteiger partial charge in [-0.2, -0.15) is 0 Å². The predicted molar refractivity (Wildman–Crippen MR) is 53.1 cm³/mol. The van der Waals surface area contributed by atoms with Crippen LogP contribution in [0.5, 0.6) is 0 Å². The van der Waals surface area contributed by atoms with Crippen molar-refractivity contribution in [3.05, 3.63) is 0 Å². The SMILES string of the molecule is Cl.OCC1CNCC1C1CCOC1. The first kappa shape index (κ1) is 11.2. The van der Waals surface area contributed by atoms with Gasteiger partial charge in [-0.1, -0.05) is 0 Å². The van der Waals surface area contributed by atoms with E-state index in [1.54, 1.807) is 0 Å². The van der Waals surface area contributed by atoms with Gasteiger partial charge in [-0.25, -0.2) is 0 Å². The average Bonchev–Trinajstić information content (AvgIpc) is 2.74. The number of nitrogens with one attached hydrogen (secondary N) is 1. The van der Waals surface area contributed by atoms with Gasteiger partial charge < -0.3 is 15.2 Å². The summed E-state index contributed by atoms with van der Waals surface area (Å²) in [6.07, 6.45) is 1.18. The maximum atomic E-state index is 9.12. The second-order valence-electron chi connectivity index (χ2n) is 3.89. The summed E-state index contributed by atoms with van der Waals surface area (Å²) in [7, 11) is 0. The van der Waals surface area contributed by atoms with Gasteiger partial charge in [0.15, 0.2) is 0 Å². The molecule has 0 aromatic rings. The van der Waals surface area contributed by atoms with Crippen LogP contribution in [0.25, 0.3) is 0 Å². The smallest absolute Gasteiger partial charge is 0.0498 e. The highest BCUT2D eigenvalue weighted by molar-refractivity contribution is 5.85. The second-order valence-corrected chi connectivity index (χ2v) is 3.89. The quantitative estimate of drug-likeness (QED) is 0.683. The molecule has 2 N–H and O–H groups in total. The molecule has 0 radical (unpaired) electrons. The van der Waals surface area contributed by atoms with Gasteiger partial charge in [0.1, 0.15) is 0 Å². The van der Waals surface area contributed by atoms with Crippen molar-refractivity contribution < 1.29 is 9.84 Å². The molecule has 0 aliphatic carbocycles. The number of aliphatic hydroxyl groups excluding tert-OH is 1. The Balaban J connectivity index is 0.000000845. The molecule has 3 unspecified atom stereocenters. The Morgan fingerprint density at radius 3 is 2.85 bits per heavy atom. The van der Waals surface area contributed by atoms with Gasteiger partial charge in [0, 0.05) is 26.4 Å². The normalized spacial score (nSPS) is 39.0. The van der Waals surface area contributed by atoms with E-state index in [-0.39, 0.29) is 12.4 Å². The van der Waals surface area contributed by atoms with Crippen molar-refractivity contribution in [1.29, 1.82) is 0 Å². The summed E-state index contributed by atoms with van der Waals surface area (Å²) in [5, 5.41) is 12.5. The van der Waals surface area contributed by atoms with Crippen LogP contribution in [0.15, 0.2) is 0 Å². The van der Waals surface area contributed by atoms with Crippen molar-refractivity contribution in [3.63, 3.8) is 0 Å². The molecule has 0 bridgehead atoms. The minimum absolute atomic E-state index is 0. The lowest BCUT2D eigenvalue weighted by molar-refractivity contribution is 0.142. The fourth-order valence-corrected chi connectivity index (χ4v) is 2.40. The van der Waals surface area contributed by atoms with Gasteiger partial charge in [0.2, 0.25) is 0 Å². The van der Waals surface area contributed by atoms with E-state index in [2.05, 4.69) is 5.32 Å². The Morgan fingerprint density at radius 2 is 2.23 bits per heavy atom. The third kappa shape index (κ3) is 2.34. The van der Waals surface area contributed by atoms with Gasteiger partial charge in [-0.3, -0.25) is 0 Å². The molecule has 2 rings (SSSR count). The van der Waals surface area contributed by atoms with Gasteiger partial charge in [0.25, 0.3) is 0 Å². The lowest BCUT2D eigenvalue weighted by atomic mass is 9.84. The Hall–Kier alpha value is 0.170. The molecular weight excluding hydrogens is 190 g/mol. The molecule has 13 heavy (non-hydrogen) atoms. The number of hydrogen-bond donors (Lipinski definition) is 2. The summed E-state index contributed by atoms with van der Waals surface area (Å²) in [5.74, 6) is 1.81. The Kier molecular flexibility index (Phi) is 4.46. The first-order chi connectivity index (χ1) is 5.92. The van der Waals surface area contributed by atoms with Crippen LogP contribution in [-0.4, -0.2) is 38.0 Å². The molecule has 0 aromatic carbocycles. The van der Waals surface area contributed by atoms with Crippen molar-refractivity contribution in [3.8, 4) is 0 Å². The number of hydrogen-bond acceptors (Lipinski definition) is 3. The van der Waals surface area contributed by atoms with E-state index in [0.29, 0.717) is 24.4 Å². The van der Waals surface area contributed by atoms with Crippen LogP contribution in [0, 0.1) is 17.8 Å². The zero-order valence-electron chi connectivity index (χ0n) is 7.74. The van der Waals surface area contributed by atoms with Crippen LogP contribution in [-0.2, 0) is 4.74 Å². The molecular formula is C9H18ClNO2. The molecule has 0 spiro atoms. The summed E-state index contributed by atoms with van der Waals surface area (Å²) in [5.41, 5.74) is 0. The number of aliphatic hydroxyl groups is 1. The van der Waals surface area contributed by atoms with Crippen molar-refractivity contribution >= 4 is 12.4 Å². The summed E-state index contributed by atoms with van der Waals surface area (Å²) in [6, 6.07) is 0. The molecule has 0 saturated carbocycles. The van der Waals surface area contributed by atoms with E-state index in [1.807, 2.05) is 0 Å². The summed E-state index contributed by atoms with van der Waals surface area (Å²) >= 11 is 0. The van der Waals surface area contributed by atoms with E-state index >= 15 is 0 Å². The van der Waals surface area contributed by atoms with Crippen LogP contribution in [0.3, 0.4) is 0 Å². The number of halogens is 1. The summed E-state index contributed by atoms with van der Waals surface area (Å²) in [6.45, 7) is 4.20. The van der Waals surface area contributed by atoms with Crippen LogP contribution in [0.4, 0.5) is 0 Å². The molecule has 0 amide bonds. The summed E-state index contributed by atoms with van der Waals surface area (Å²) in [4.78, 5) is 0. The highest BCUT2D eigenvalue weighted by Gasteiger charge is 2.34. The van der Waals surface area contributed by atoms with Crippen molar-refractivity contribution in [1.82, 2.24) is 5.32 Å². The fourth-order valence-electron chi connectivity index (χ4n) is 2.40. The largest absolute Gasteiger partial charge is 0.396 e. The van der Waals surface area contributed by atoms with Gasteiger partial charge in [-0.05, 0) is 30.7 Å². The Labute approximate surface area is 85.3 Å². The molecule has 2 aliphatic heterocycles. The zero-order valence-corrected chi connectivity index (χ0v) is 8.55. The monoisotopic (exact) mass is 207 g/mol. The van der Waals surface area contributed by atoms with E-state index < -0.39 is 0 Å². The van der Waals surface area contributed by atoms with Crippen LogP contribution in [0.1, 0.15) is 6.42 Å². The number of rotatable bonds is 2. The molecule has 2 aliphatic rings. The van der Waals surface area contributed by atoms with Gasteiger partial charge in [-0.15, -0.1) is 12.4 Å². The van der Waals surface area contributed by atoms with E-state index in [9.17, 15) is 0 Å². The van der Waals surface area contributed by atoms with E-state index in [0.717, 1.165) is 26.3 Å². The third-order valence-corrected chi connectivity index (χ3v) is 3.20. The van der Waals surface area contributed by atoms with Crippen LogP contribution < -0.4 is 5.32 Å². The number of ether oxygens (including phenoxy) is 1. The highest BCUT2D eigenvalue weighted by atomic mass is 35.5. The Morgan fingerprint density at radius 1 is 1.38 bits per heavy atom. The molecule has 3 atom stereocenters. The molecule has 3 nitrogen and oxygen atoms in total. The summed E-state index contributed by atoms with van der Waals surface area (Å²) < 4.78 is 5.35. The maximum absolute atomic E-state index is 9.12. The van der Waals surface area contributed by atoms with Crippen LogP contribution >= 0.6 is 12.4 Å². The first-order valence-corrected chi connectivity index (χ1v) is 4.81. The maximum Gasteiger partial charge on any atom is 0.0498 e.